The molecule has 23 heavy (non-hydrogen) atoms. The van der Waals surface area contributed by atoms with Gasteiger partial charge in [-0.15, -0.1) is 22.6 Å². The number of nitrogens with two attached hydrogens (primary N) is 1. The molecule has 2 aromatic rings. The quantitative estimate of drug-likeness (QED) is 0.908. The second-order valence-corrected chi connectivity index (χ2v) is 5.32. The number of ether oxygens (including phenoxy) is 1. The van der Waals surface area contributed by atoms with Gasteiger partial charge in [0.1, 0.15) is 17.6 Å². The molecule has 1 aliphatic rings. The summed E-state index contributed by atoms with van der Waals surface area (Å²) in [5, 5.41) is 8.21. The van der Waals surface area contributed by atoms with E-state index < -0.39 is 0 Å². The van der Waals surface area contributed by atoms with Crippen LogP contribution in [0.15, 0.2) is 24.3 Å². The van der Waals surface area contributed by atoms with Gasteiger partial charge in [0.05, 0.1) is 20.2 Å². The normalized spacial score (nSPS) is 16.7. The van der Waals surface area contributed by atoms with Crippen molar-refractivity contribution in [3.8, 4) is 5.75 Å². The summed E-state index contributed by atoms with van der Waals surface area (Å²) >= 11 is 0. The number of amides is 1. The number of benzene rings is 1. The van der Waals surface area contributed by atoms with Gasteiger partial charge in [0.2, 0.25) is 5.91 Å². The second kappa shape index (κ2) is 6.97. The first-order valence-electron chi connectivity index (χ1n) is 7.18. The summed E-state index contributed by atoms with van der Waals surface area (Å²) in [5.41, 5.74) is 6.70. The number of carbonyl (C=O) groups excluding carboxylic acids is 1. The lowest BCUT2D eigenvalue weighted by atomic mass is 10.1. The van der Waals surface area contributed by atoms with E-state index in [2.05, 4.69) is 10.2 Å². The number of fused-ring (bicyclic) bond motifs is 1. The molecule has 1 aliphatic heterocycles. The highest BCUT2D eigenvalue weighted by Crippen LogP contribution is 2.24. The van der Waals surface area contributed by atoms with E-state index in [1.54, 1.807) is 12.0 Å². The number of aromatic nitrogens is 3. The molecule has 2 N–H and O–H groups in total. The maximum atomic E-state index is 12.6. The van der Waals surface area contributed by atoms with E-state index in [-0.39, 0.29) is 30.9 Å². The van der Waals surface area contributed by atoms with Crippen LogP contribution >= 0.6 is 12.4 Å². The average Bonchev–Trinajstić information content (AvgIpc) is 2.96. The molecule has 0 radical (unpaired) electrons. The van der Waals surface area contributed by atoms with Gasteiger partial charge in [0.25, 0.3) is 0 Å². The first kappa shape index (κ1) is 17.2. The molecule has 8 heteroatoms. The summed E-state index contributed by atoms with van der Waals surface area (Å²) in [7, 11) is 1.63. The molecule has 0 aliphatic carbocycles. The van der Waals surface area contributed by atoms with Crippen molar-refractivity contribution in [2.75, 3.05) is 7.11 Å². The molecule has 0 saturated carbocycles. The van der Waals surface area contributed by atoms with Crippen molar-refractivity contribution in [1.82, 2.24) is 19.7 Å². The Kier molecular flexibility index (Phi) is 5.23. The molecule has 0 bridgehead atoms. The molecule has 0 saturated heterocycles. The fourth-order valence-electron chi connectivity index (χ4n) is 2.76. The highest BCUT2D eigenvalue weighted by atomic mass is 35.5. The van der Waals surface area contributed by atoms with Crippen molar-refractivity contribution in [2.45, 2.75) is 32.6 Å². The van der Waals surface area contributed by atoms with E-state index in [0.29, 0.717) is 18.9 Å². The minimum Gasteiger partial charge on any atom is -0.497 e. The van der Waals surface area contributed by atoms with Crippen molar-refractivity contribution in [3.05, 3.63) is 41.5 Å². The zero-order valence-corrected chi connectivity index (χ0v) is 13.9. The van der Waals surface area contributed by atoms with Gasteiger partial charge in [0.15, 0.2) is 5.82 Å². The SMILES string of the molecule is COc1ccc(CN2Cc3nnc(CN)n3[C@@H](C)C2=O)cc1.Cl. The van der Waals surface area contributed by atoms with E-state index in [1.165, 1.54) is 0 Å². The molecule has 0 fully saturated rings. The molecule has 0 spiro atoms. The van der Waals surface area contributed by atoms with Crippen LogP contribution in [0.2, 0.25) is 0 Å². The number of hydrogen-bond donors (Lipinski definition) is 1. The number of hydrogen-bond acceptors (Lipinski definition) is 5. The van der Waals surface area contributed by atoms with Gasteiger partial charge in [-0.3, -0.25) is 9.36 Å². The molecular weight excluding hydrogens is 318 g/mol. The minimum atomic E-state index is -0.324. The van der Waals surface area contributed by atoms with Gasteiger partial charge in [-0.25, -0.2) is 0 Å². The molecule has 3 rings (SSSR count). The molecule has 1 atom stereocenters. The molecule has 2 heterocycles. The van der Waals surface area contributed by atoms with Gasteiger partial charge in [-0.05, 0) is 24.6 Å². The number of halogens is 1. The smallest absolute Gasteiger partial charge is 0.246 e. The lowest BCUT2D eigenvalue weighted by Gasteiger charge is -2.32. The standard InChI is InChI=1S/C15H19N5O2.ClH/c1-10-15(21)19(8-11-3-5-12(22-2)6-4-11)9-14-18-17-13(7-16)20(10)14;/h3-6,10H,7-9,16H2,1-2H3;1H/t10-;/m0./s1. The van der Waals surface area contributed by atoms with Crippen LogP contribution in [0.1, 0.15) is 30.2 Å². The number of carbonyl (C=O) groups is 1. The van der Waals surface area contributed by atoms with Crippen molar-refractivity contribution >= 4 is 18.3 Å². The lowest BCUT2D eigenvalue weighted by molar-refractivity contribution is -0.137. The van der Waals surface area contributed by atoms with E-state index in [4.69, 9.17) is 10.5 Å². The molecule has 0 unspecified atom stereocenters. The van der Waals surface area contributed by atoms with Crippen LogP contribution in [-0.2, 0) is 24.4 Å². The minimum absolute atomic E-state index is 0. The fraction of sp³-hybridized carbons (Fsp3) is 0.400. The van der Waals surface area contributed by atoms with Crippen molar-refractivity contribution in [3.63, 3.8) is 0 Å². The number of nitrogens with zero attached hydrogens (tertiary/aromatic N) is 4. The third kappa shape index (κ3) is 3.16. The van der Waals surface area contributed by atoms with Gasteiger partial charge < -0.3 is 15.4 Å². The topological polar surface area (TPSA) is 86.3 Å². The van der Waals surface area contributed by atoms with Crippen LogP contribution in [0.4, 0.5) is 0 Å². The molecule has 1 amide bonds. The summed E-state index contributed by atoms with van der Waals surface area (Å²) < 4.78 is 6.99. The third-order valence-electron chi connectivity index (χ3n) is 3.94. The van der Waals surface area contributed by atoms with Gasteiger partial charge in [0, 0.05) is 6.54 Å². The van der Waals surface area contributed by atoms with Crippen LogP contribution in [0.5, 0.6) is 5.75 Å². The van der Waals surface area contributed by atoms with Crippen LogP contribution in [0.25, 0.3) is 0 Å². The Morgan fingerprint density at radius 2 is 2.00 bits per heavy atom. The van der Waals surface area contributed by atoms with E-state index in [1.807, 2.05) is 35.8 Å². The lowest BCUT2D eigenvalue weighted by Crippen LogP contribution is -2.41. The number of rotatable bonds is 4. The van der Waals surface area contributed by atoms with E-state index in [9.17, 15) is 4.79 Å². The highest BCUT2D eigenvalue weighted by molar-refractivity contribution is 5.85. The van der Waals surface area contributed by atoms with Crippen molar-refractivity contribution < 1.29 is 9.53 Å². The van der Waals surface area contributed by atoms with Gasteiger partial charge in [-0.2, -0.15) is 0 Å². The van der Waals surface area contributed by atoms with E-state index >= 15 is 0 Å². The largest absolute Gasteiger partial charge is 0.497 e. The highest BCUT2D eigenvalue weighted by Gasteiger charge is 2.32. The molecule has 1 aromatic heterocycles. The zero-order chi connectivity index (χ0) is 15.7. The summed E-state index contributed by atoms with van der Waals surface area (Å²) in [6.45, 7) is 3.12. The zero-order valence-electron chi connectivity index (χ0n) is 13.1. The Bertz CT molecular complexity index is 686. The fourth-order valence-corrected chi connectivity index (χ4v) is 2.76. The average molecular weight is 338 g/mol. The van der Waals surface area contributed by atoms with Crippen LogP contribution in [0, 0.1) is 0 Å². The van der Waals surface area contributed by atoms with Crippen LogP contribution in [0.3, 0.4) is 0 Å². The Balaban J connectivity index is 0.00000192. The molecule has 7 nitrogen and oxygen atoms in total. The maximum absolute atomic E-state index is 12.6. The Hall–Kier alpha value is -2.12. The first-order valence-corrected chi connectivity index (χ1v) is 7.18. The van der Waals surface area contributed by atoms with Crippen LogP contribution < -0.4 is 10.5 Å². The maximum Gasteiger partial charge on any atom is 0.246 e. The Morgan fingerprint density at radius 3 is 2.61 bits per heavy atom. The predicted octanol–water partition coefficient (Wildman–Crippen LogP) is 1.27. The predicted molar refractivity (Wildman–Crippen MR) is 87.1 cm³/mol. The van der Waals surface area contributed by atoms with Crippen LogP contribution in [-0.4, -0.2) is 32.7 Å². The van der Waals surface area contributed by atoms with Crippen molar-refractivity contribution in [1.29, 1.82) is 0 Å². The summed E-state index contributed by atoms with van der Waals surface area (Å²) in [6, 6.07) is 7.38. The van der Waals surface area contributed by atoms with Gasteiger partial charge in [-0.1, -0.05) is 12.1 Å². The molecule has 124 valence electrons. The first-order chi connectivity index (χ1) is 10.6. The summed E-state index contributed by atoms with van der Waals surface area (Å²) in [5.74, 6) is 2.29. The molecule has 1 aromatic carbocycles. The summed E-state index contributed by atoms with van der Waals surface area (Å²) in [4.78, 5) is 14.4. The second-order valence-electron chi connectivity index (χ2n) is 5.32. The van der Waals surface area contributed by atoms with Gasteiger partial charge >= 0.3 is 0 Å². The summed E-state index contributed by atoms with van der Waals surface area (Å²) in [6.07, 6.45) is 0. The Labute approximate surface area is 140 Å². The monoisotopic (exact) mass is 337 g/mol. The Morgan fingerprint density at radius 1 is 1.30 bits per heavy atom. The van der Waals surface area contributed by atoms with Crippen molar-refractivity contribution in [2.24, 2.45) is 5.73 Å². The third-order valence-corrected chi connectivity index (χ3v) is 3.94. The number of methoxy groups -OCH3 is 1. The molecular formula is C15H20ClN5O2. The van der Waals surface area contributed by atoms with E-state index in [0.717, 1.165) is 17.1 Å².